The Bertz CT molecular complexity index is 385. The van der Waals surface area contributed by atoms with Gasteiger partial charge in [0.2, 0.25) is 0 Å². The third-order valence-corrected chi connectivity index (χ3v) is 3.35. The predicted molar refractivity (Wildman–Crippen MR) is 81.7 cm³/mol. The van der Waals surface area contributed by atoms with E-state index in [1.807, 2.05) is 6.07 Å². The van der Waals surface area contributed by atoms with Crippen LogP contribution in [-0.4, -0.2) is 41.3 Å². The number of phenolic OH excluding ortho intramolecular Hbond substituents is 2. The van der Waals surface area contributed by atoms with E-state index in [2.05, 4.69) is 17.1 Å². The van der Waals surface area contributed by atoms with Crippen LogP contribution in [-0.2, 0) is 0 Å². The zero-order valence-corrected chi connectivity index (χ0v) is 12.6. The number of halogens is 2. The molecular weight excluding hydrogens is 287 g/mol. The molecule has 110 valence electrons. The molecule has 6 heteroatoms. The van der Waals surface area contributed by atoms with Gasteiger partial charge in [-0.1, -0.05) is 13.0 Å². The Hall–Kier alpha value is -0.680. The molecule has 0 radical (unpaired) electrons. The Labute approximate surface area is 126 Å². The van der Waals surface area contributed by atoms with Gasteiger partial charge in [-0.05, 0) is 12.5 Å². The third kappa shape index (κ3) is 4.42. The van der Waals surface area contributed by atoms with E-state index < -0.39 is 0 Å². The van der Waals surface area contributed by atoms with Crippen molar-refractivity contribution in [2.75, 3.05) is 26.2 Å². The van der Waals surface area contributed by atoms with Crippen molar-refractivity contribution in [3.05, 3.63) is 23.8 Å². The maximum absolute atomic E-state index is 9.92. The van der Waals surface area contributed by atoms with Gasteiger partial charge in [-0.2, -0.15) is 0 Å². The molecule has 1 heterocycles. The molecule has 3 N–H and O–H groups in total. The summed E-state index contributed by atoms with van der Waals surface area (Å²) in [5.41, 5.74) is 0.909. The van der Waals surface area contributed by atoms with Crippen molar-refractivity contribution in [2.24, 2.45) is 0 Å². The van der Waals surface area contributed by atoms with Crippen LogP contribution in [0.3, 0.4) is 0 Å². The quantitative estimate of drug-likeness (QED) is 0.802. The lowest BCUT2D eigenvalue weighted by Crippen LogP contribution is -2.45. The predicted octanol–water partition coefficient (Wildman–Crippen LogP) is 2.30. The molecule has 1 atom stereocenters. The zero-order chi connectivity index (χ0) is 12.3. The van der Waals surface area contributed by atoms with E-state index in [0.717, 1.165) is 38.2 Å². The SMILES string of the molecule is CC[C@H](c1ccc(O)cc1O)N1CCNCC1.Cl.Cl. The van der Waals surface area contributed by atoms with Gasteiger partial charge in [0.25, 0.3) is 0 Å². The molecule has 2 rings (SSSR count). The Morgan fingerprint density at radius 1 is 1.21 bits per heavy atom. The number of piperazine rings is 1. The summed E-state index contributed by atoms with van der Waals surface area (Å²) in [6.07, 6.45) is 0.957. The molecule has 0 aliphatic carbocycles. The Morgan fingerprint density at radius 3 is 2.37 bits per heavy atom. The molecule has 0 amide bonds. The molecule has 19 heavy (non-hydrogen) atoms. The standard InChI is InChI=1S/C13H20N2O2.2ClH/c1-2-12(15-7-5-14-6-8-15)11-4-3-10(16)9-13(11)17;;/h3-4,9,12,14,16-17H,2,5-8H2,1H3;2*1H/t12-;;/m1../s1. The van der Waals surface area contributed by atoms with Gasteiger partial charge < -0.3 is 15.5 Å². The van der Waals surface area contributed by atoms with Gasteiger partial charge in [0.05, 0.1) is 0 Å². The van der Waals surface area contributed by atoms with Crippen LogP contribution in [0.5, 0.6) is 11.5 Å². The van der Waals surface area contributed by atoms with Crippen LogP contribution in [0.2, 0.25) is 0 Å². The van der Waals surface area contributed by atoms with Crippen molar-refractivity contribution in [1.82, 2.24) is 10.2 Å². The second-order valence-corrected chi connectivity index (χ2v) is 4.45. The van der Waals surface area contributed by atoms with Crippen LogP contribution in [0, 0.1) is 0 Å². The zero-order valence-electron chi connectivity index (χ0n) is 11.0. The summed E-state index contributed by atoms with van der Waals surface area (Å²) >= 11 is 0. The molecule has 1 fully saturated rings. The Morgan fingerprint density at radius 2 is 1.84 bits per heavy atom. The van der Waals surface area contributed by atoms with E-state index in [4.69, 9.17) is 0 Å². The van der Waals surface area contributed by atoms with Gasteiger partial charge in [0.1, 0.15) is 11.5 Å². The summed E-state index contributed by atoms with van der Waals surface area (Å²) in [4.78, 5) is 2.38. The van der Waals surface area contributed by atoms with Gasteiger partial charge in [0, 0.05) is 43.9 Å². The van der Waals surface area contributed by atoms with Crippen LogP contribution in [0.25, 0.3) is 0 Å². The molecule has 0 saturated carbocycles. The smallest absolute Gasteiger partial charge is 0.124 e. The molecular formula is C13H22Cl2N2O2. The lowest BCUT2D eigenvalue weighted by molar-refractivity contribution is 0.167. The van der Waals surface area contributed by atoms with Crippen LogP contribution in [0.15, 0.2) is 18.2 Å². The first kappa shape index (κ1) is 18.3. The van der Waals surface area contributed by atoms with Crippen LogP contribution >= 0.6 is 24.8 Å². The molecule has 0 unspecified atom stereocenters. The second-order valence-electron chi connectivity index (χ2n) is 4.45. The number of rotatable bonds is 3. The van der Waals surface area contributed by atoms with E-state index in [9.17, 15) is 10.2 Å². The molecule has 1 aliphatic rings. The van der Waals surface area contributed by atoms with Crippen molar-refractivity contribution in [2.45, 2.75) is 19.4 Å². The fourth-order valence-electron chi connectivity index (χ4n) is 2.48. The minimum Gasteiger partial charge on any atom is -0.508 e. The topological polar surface area (TPSA) is 55.7 Å². The third-order valence-electron chi connectivity index (χ3n) is 3.35. The highest BCUT2D eigenvalue weighted by Crippen LogP contribution is 2.33. The highest BCUT2D eigenvalue weighted by molar-refractivity contribution is 5.85. The number of hydrogen-bond acceptors (Lipinski definition) is 4. The van der Waals surface area contributed by atoms with E-state index in [-0.39, 0.29) is 42.4 Å². The highest BCUT2D eigenvalue weighted by atomic mass is 35.5. The van der Waals surface area contributed by atoms with E-state index in [1.165, 1.54) is 6.07 Å². The van der Waals surface area contributed by atoms with Crippen LogP contribution < -0.4 is 5.32 Å². The first-order chi connectivity index (χ1) is 8.22. The number of nitrogens with one attached hydrogen (secondary N) is 1. The molecule has 1 aromatic rings. The van der Waals surface area contributed by atoms with Crippen LogP contribution in [0.4, 0.5) is 0 Å². The average Bonchev–Trinajstić information content (AvgIpc) is 2.34. The van der Waals surface area contributed by atoms with Crippen molar-refractivity contribution in [3.8, 4) is 11.5 Å². The first-order valence-electron chi connectivity index (χ1n) is 6.19. The Kier molecular flexibility index (Phi) is 8.18. The number of phenols is 2. The number of aromatic hydroxyl groups is 2. The summed E-state index contributed by atoms with van der Waals surface area (Å²) < 4.78 is 0. The highest BCUT2D eigenvalue weighted by Gasteiger charge is 2.22. The number of hydrogen-bond donors (Lipinski definition) is 3. The lowest BCUT2D eigenvalue weighted by Gasteiger charge is -2.35. The lowest BCUT2D eigenvalue weighted by atomic mass is 10.0. The molecule has 1 aliphatic heterocycles. The van der Waals surface area contributed by atoms with Gasteiger partial charge in [-0.3, -0.25) is 4.90 Å². The fraction of sp³-hybridized carbons (Fsp3) is 0.538. The molecule has 4 nitrogen and oxygen atoms in total. The molecule has 0 bridgehead atoms. The minimum absolute atomic E-state index is 0. The largest absolute Gasteiger partial charge is 0.508 e. The normalized spacial score (nSPS) is 17.1. The van der Waals surface area contributed by atoms with Gasteiger partial charge >= 0.3 is 0 Å². The summed E-state index contributed by atoms with van der Waals surface area (Å²) in [6.45, 7) is 6.11. The second kappa shape index (κ2) is 8.48. The molecule has 0 aromatic heterocycles. The summed E-state index contributed by atoms with van der Waals surface area (Å²) in [6, 6.07) is 5.11. The molecule has 1 aromatic carbocycles. The van der Waals surface area contributed by atoms with E-state index in [0.29, 0.717) is 0 Å². The molecule has 0 spiro atoms. The summed E-state index contributed by atoms with van der Waals surface area (Å²) in [5, 5.41) is 22.6. The number of benzene rings is 1. The van der Waals surface area contributed by atoms with E-state index >= 15 is 0 Å². The summed E-state index contributed by atoms with van der Waals surface area (Å²) in [7, 11) is 0. The monoisotopic (exact) mass is 308 g/mol. The maximum atomic E-state index is 9.92. The Balaban J connectivity index is 0.00000162. The first-order valence-corrected chi connectivity index (χ1v) is 6.19. The van der Waals surface area contributed by atoms with Crippen molar-refractivity contribution >= 4 is 24.8 Å². The van der Waals surface area contributed by atoms with Crippen molar-refractivity contribution in [1.29, 1.82) is 0 Å². The van der Waals surface area contributed by atoms with Crippen molar-refractivity contribution < 1.29 is 10.2 Å². The minimum atomic E-state index is 0. The summed E-state index contributed by atoms with van der Waals surface area (Å²) in [5.74, 6) is 0.303. The molecule has 1 saturated heterocycles. The van der Waals surface area contributed by atoms with Crippen molar-refractivity contribution in [3.63, 3.8) is 0 Å². The van der Waals surface area contributed by atoms with Gasteiger partial charge in [-0.25, -0.2) is 0 Å². The van der Waals surface area contributed by atoms with Gasteiger partial charge in [-0.15, -0.1) is 24.8 Å². The maximum Gasteiger partial charge on any atom is 0.124 e. The fourth-order valence-corrected chi connectivity index (χ4v) is 2.48. The average molecular weight is 309 g/mol. The van der Waals surface area contributed by atoms with Gasteiger partial charge in [0.15, 0.2) is 0 Å². The van der Waals surface area contributed by atoms with E-state index in [1.54, 1.807) is 6.07 Å². The number of nitrogens with zero attached hydrogens (tertiary/aromatic N) is 1. The van der Waals surface area contributed by atoms with Crippen LogP contribution in [0.1, 0.15) is 24.9 Å².